The van der Waals surface area contributed by atoms with Gasteiger partial charge >= 0.3 is 0 Å². The zero-order valence-corrected chi connectivity index (χ0v) is 18.2. The van der Waals surface area contributed by atoms with Crippen molar-refractivity contribution in [2.24, 2.45) is 0 Å². The zero-order valence-electron chi connectivity index (χ0n) is 17.1. The van der Waals surface area contributed by atoms with Gasteiger partial charge in [0.05, 0.1) is 19.3 Å². The minimum Gasteiger partial charge on any atom is -0.373 e. The number of aryl methyl sites for hydroxylation is 1. The highest BCUT2D eigenvalue weighted by Gasteiger charge is 2.31. The Bertz CT molecular complexity index is 1430. The largest absolute Gasteiger partial charge is 0.373 e. The molecule has 0 radical (unpaired) electrons. The van der Waals surface area contributed by atoms with E-state index in [9.17, 15) is 14.0 Å². The lowest BCUT2D eigenvalue weighted by Gasteiger charge is -2.33. The second kappa shape index (κ2) is 7.29. The van der Waals surface area contributed by atoms with Crippen molar-refractivity contribution < 1.29 is 13.9 Å². The molecule has 31 heavy (non-hydrogen) atoms. The Labute approximate surface area is 179 Å². The van der Waals surface area contributed by atoms with Crippen molar-refractivity contribution in [2.75, 3.05) is 13.7 Å². The summed E-state index contributed by atoms with van der Waals surface area (Å²) in [4.78, 5) is 33.5. The number of H-pyrrole nitrogens is 2. The highest BCUT2D eigenvalue weighted by atomic mass is 31.0. The van der Waals surface area contributed by atoms with E-state index in [0.717, 1.165) is 21.8 Å². The number of aromatic amines is 2. The molecule has 2 aromatic carbocycles. The van der Waals surface area contributed by atoms with Gasteiger partial charge in [0.1, 0.15) is 11.5 Å². The Morgan fingerprint density at radius 3 is 2.77 bits per heavy atom. The van der Waals surface area contributed by atoms with Crippen LogP contribution >= 0.6 is 9.24 Å². The number of fused-ring (bicyclic) bond motifs is 4. The molecule has 1 amide bonds. The molecule has 0 saturated carbocycles. The molecule has 8 heteroatoms. The van der Waals surface area contributed by atoms with Crippen molar-refractivity contribution in [3.63, 3.8) is 0 Å². The Hall–Kier alpha value is -3.02. The molecule has 2 unspecified atom stereocenters. The molecule has 158 valence electrons. The number of carbonyl (C=O) groups excluding carboxylic acids is 1. The molecule has 0 fully saturated rings. The number of hydrogen-bond donors (Lipinski definition) is 2. The molecular formula is C23H21FN3O3P. The Morgan fingerprint density at radius 2 is 2.00 bits per heavy atom. The first-order valence-electron chi connectivity index (χ1n) is 9.92. The number of pyridine rings is 1. The second-order valence-electron chi connectivity index (χ2n) is 7.93. The predicted molar refractivity (Wildman–Crippen MR) is 121 cm³/mol. The van der Waals surface area contributed by atoms with Crippen LogP contribution in [0, 0.1) is 12.7 Å². The average molecular weight is 437 g/mol. The van der Waals surface area contributed by atoms with Crippen LogP contribution in [0.25, 0.3) is 21.7 Å². The lowest BCUT2D eigenvalue weighted by molar-refractivity contribution is 0.0333. The topological polar surface area (TPSA) is 78.2 Å². The molecule has 0 bridgehead atoms. The lowest BCUT2D eigenvalue weighted by atomic mass is 9.94. The molecule has 0 saturated heterocycles. The third-order valence-electron chi connectivity index (χ3n) is 6.02. The summed E-state index contributed by atoms with van der Waals surface area (Å²) < 4.78 is 19.8. The normalized spacial score (nSPS) is 15.9. The number of nitrogens with one attached hydrogen (secondary N) is 2. The maximum absolute atomic E-state index is 14.1. The van der Waals surface area contributed by atoms with E-state index in [2.05, 4.69) is 19.2 Å². The second-order valence-corrected chi connectivity index (χ2v) is 8.55. The van der Waals surface area contributed by atoms with Crippen molar-refractivity contribution >= 4 is 42.1 Å². The van der Waals surface area contributed by atoms with Gasteiger partial charge in [-0.25, -0.2) is 4.39 Å². The van der Waals surface area contributed by atoms with E-state index in [1.807, 2.05) is 19.1 Å². The maximum Gasteiger partial charge on any atom is 0.270 e. The Kier molecular flexibility index (Phi) is 4.68. The van der Waals surface area contributed by atoms with Crippen LogP contribution in [-0.4, -0.2) is 34.4 Å². The summed E-state index contributed by atoms with van der Waals surface area (Å²) in [5.41, 5.74) is 3.23. The predicted octanol–water partition coefficient (Wildman–Crippen LogP) is 3.30. The van der Waals surface area contributed by atoms with Gasteiger partial charge in [-0.15, -0.1) is 9.24 Å². The highest BCUT2D eigenvalue weighted by molar-refractivity contribution is 7.27. The minimum atomic E-state index is -0.404. The maximum atomic E-state index is 14.1. The first-order valence-corrected chi connectivity index (χ1v) is 10.5. The number of nitrogens with zero attached hydrogens (tertiary/aromatic N) is 1. The summed E-state index contributed by atoms with van der Waals surface area (Å²) in [5.74, 6) is -0.664. The van der Waals surface area contributed by atoms with Crippen LogP contribution in [-0.2, 0) is 11.3 Å². The first-order chi connectivity index (χ1) is 14.8. The van der Waals surface area contributed by atoms with Gasteiger partial charge in [-0.1, -0.05) is 6.07 Å². The molecule has 0 aliphatic carbocycles. The van der Waals surface area contributed by atoms with Crippen molar-refractivity contribution in [1.29, 1.82) is 0 Å². The summed E-state index contributed by atoms with van der Waals surface area (Å²) in [5, 5.41) is 2.76. The van der Waals surface area contributed by atoms with Gasteiger partial charge in [0.25, 0.3) is 11.5 Å². The molecule has 2 N–H and O–H groups in total. The van der Waals surface area contributed by atoms with Gasteiger partial charge < -0.3 is 19.6 Å². The van der Waals surface area contributed by atoms with Crippen molar-refractivity contribution in [3.05, 3.63) is 75.1 Å². The van der Waals surface area contributed by atoms with E-state index >= 15 is 0 Å². The van der Waals surface area contributed by atoms with E-state index in [1.165, 1.54) is 12.1 Å². The van der Waals surface area contributed by atoms with E-state index in [-0.39, 0.29) is 23.9 Å². The van der Waals surface area contributed by atoms with Gasteiger partial charge in [-0.3, -0.25) is 9.59 Å². The molecule has 0 spiro atoms. The van der Waals surface area contributed by atoms with E-state index in [1.54, 1.807) is 24.1 Å². The van der Waals surface area contributed by atoms with Crippen LogP contribution in [0.5, 0.6) is 0 Å². The van der Waals surface area contributed by atoms with Crippen LogP contribution in [0.4, 0.5) is 4.39 Å². The highest BCUT2D eigenvalue weighted by Crippen LogP contribution is 2.34. The van der Waals surface area contributed by atoms with E-state index in [4.69, 9.17) is 4.74 Å². The van der Waals surface area contributed by atoms with Crippen LogP contribution in [0.1, 0.15) is 33.4 Å². The summed E-state index contributed by atoms with van der Waals surface area (Å²) >= 11 is 0. The Balaban J connectivity index is 1.62. The fraction of sp³-hybridized carbons (Fsp3) is 0.217. The summed E-state index contributed by atoms with van der Waals surface area (Å²) in [6, 6.07) is 9.66. The third-order valence-corrected chi connectivity index (χ3v) is 6.64. The first kappa shape index (κ1) is 19.9. The zero-order chi connectivity index (χ0) is 21.9. The Morgan fingerprint density at radius 1 is 1.19 bits per heavy atom. The molecule has 1 aliphatic rings. The summed E-state index contributed by atoms with van der Waals surface area (Å²) in [6.45, 7) is 2.52. The standard InChI is InChI=1S/C23H21FN3O3P/c1-11-6-13-12(8-20(11)31)21-18(26-22(13)28)9-30-10-19(21)27(2)23(29)17-7-14-15(24)4-3-5-16(14)25-17/h3-8,19,25H,9-10,31H2,1-2H3,(H,26,28). The van der Waals surface area contributed by atoms with Gasteiger partial charge in [-0.2, -0.15) is 0 Å². The van der Waals surface area contributed by atoms with E-state index < -0.39 is 6.04 Å². The van der Waals surface area contributed by atoms with Crippen LogP contribution in [0.15, 0.2) is 41.2 Å². The van der Waals surface area contributed by atoms with Gasteiger partial charge in [0.2, 0.25) is 0 Å². The number of benzene rings is 2. The van der Waals surface area contributed by atoms with Crippen molar-refractivity contribution in [3.8, 4) is 0 Å². The molecule has 4 aromatic rings. The van der Waals surface area contributed by atoms with Crippen molar-refractivity contribution in [1.82, 2.24) is 14.9 Å². The molecule has 5 rings (SSSR count). The minimum absolute atomic E-state index is 0.175. The van der Waals surface area contributed by atoms with Crippen molar-refractivity contribution in [2.45, 2.75) is 19.6 Å². The molecular weight excluding hydrogens is 416 g/mol. The number of hydrogen-bond acceptors (Lipinski definition) is 3. The number of amides is 1. The summed E-state index contributed by atoms with van der Waals surface area (Å²) in [6.07, 6.45) is 0. The van der Waals surface area contributed by atoms with Gasteiger partial charge in [0.15, 0.2) is 0 Å². The molecule has 3 heterocycles. The van der Waals surface area contributed by atoms with Crippen LogP contribution in [0.3, 0.4) is 0 Å². The van der Waals surface area contributed by atoms with Gasteiger partial charge in [-0.05, 0) is 53.5 Å². The number of carbonyl (C=O) groups is 1. The molecule has 1 aliphatic heterocycles. The monoisotopic (exact) mass is 437 g/mol. The fourth-order valence-electron chi connectivity index (χ4n) is 4.29. The van der Waals surface area contributed by atoms with Gasteiger partial charge in [0, 0.05) is 34.6 Å². The number of ether oxygens (including phenoxy) is 1. The van der Waals surface area contributed by atoms with Crippen LogP contribution < -0.4 is 10.9 Å². The molecule has 2 aromatic heterocycles. The molecule has 2 atom stereocenters. The SMILES string of the molecule is Cc1cc2c(=O)[nH]c3c(c2cc1P)C(N(C)C(=O)c1cc2c(F)cccc2[nH]1)COC3. The quantitative estimate of drug-likeness (QED) is 0.473. The smallest absolute Gasteiger partial charge is 0.270 e. The number of likely N-dealkylation sites (N-methyl/N-ethyl adjacent to an activating group) is 1. The fourth-order valence-corrected chi connectivity index (χ4v) is 4.54. The lowest BCUT2D eigenvalue weighted by Crippen LogP contribution is -2.37. The van der Waals surface area contributed by atoms with Crippen LogP contribution in [0.2, 0.25) is 0 Å². The molecule has 6 nitrogen and oxygen atoms in total. The third kappa shape index (κ3) is 3.16. The number of aromatic nitrogens is 2. The number of rotatable bonds is 2. The number of halogens is 1. The van der Waals surface area contributed by atoms with E-state index in [0.29, 0.717) is 34.3 Å². The summed E-state index contributed by atoms with van der Waals surface area (Å²) in [7, 11) is 4.39. The average Bonchev–Trinajstić information content (AvgIpc) is 3.19.